The molecule has 3 heteroatoms. The molecule has 2 rings (SSSR count). The van der Waals surface area contributed by atoms with Gasteiger partial charge < -0.3 is 10.6 Å². The molecule has 0 radical (unpaired) electrons. The first-order chi connectivity index (χ1) is 6.77. The van der Waals surface area contributed by atoms with Crippen molar-refractivity contribution in [2.75, 3.05) is 13.1 Å². The van der Waals surface area contributed by atoms with E-state index < -0.39 is 0 Å². The molecule has 80 valence electrons. The molecular weight excluding hydrogens is 176 g/mol. The second-order valence-electron chi connectivity index (χ2n) is 4.66. The fourth-order valence-electron chi connectivity index (χ4n) is 2.14. The van der Waals surface area contributed by atoms with E-state index in [1.165, 1.54) is 12.8 Å². The summed E-state index contributed by atoms with van der Waals surface area (Å²) in [5.41, 5.74) is 0. The summed E-state index contributed by atoms with van der Waals surface area (Å²) < 4.78 is 0. The smallest absolute Gasteiger partial charge is 0.223 e. The van der Waals surface area contributed by atoms with Crippen LogP contribution in [-0.2, 0) is 4.79 Å². The molecule has 2 fully saturated rings. The predicted molar refractivity (Wildman–Crippen MR) is 55.9 cm³/mol. The molecule has 0 bridgehead atoms. The number of nitrogens with one attached hydrogen (secondary N) is 2. The molecule has 1 amide bonds. The molecule has 0 aromatic heterocycles. The zero-order valence-electron chi connectivity index (χ0n) is 8.88. The lowest BCUT2D eigenvalue weighted by Crippen LogP contribution is -2.42. The first-order valence-electron chi connectivity index (χ1n) is 5.78. The van der Waals surface area contributed by atoms with Crippen LogP contribution in [-0.4, -0.2) is 25.0 Å². The van der Waals surface area contributed by atoms with Gasteiger partial charge in [-0.25, -0.2) is 0 Å². The van der Waals surface area contributed by atoms with E-state index in [1.807, 2.05) is 0 Å². The molecule has 1 aliphatic heterocycles. The number of carbonyl (C=O) groups is 1. The van der Waals surface area contributed by atoms with Crippen molar-refractivity contribution >= 4 is 5.91 Å². The third kappa shape index (κ3) is 2.47. The predicted octanol–water partition coefficient (Wildman–Crippen LogP) is 0.901. The molecule has 1 saturated heterocycles. The molecule has 1 aliphatic carbocycles. The fourth-order valence-corrected chi connectivity index (χ4v) is 2.14. The Hall–Kier alpha value is -0.570. The van der Waals surface area contributed by atoms with E-state index in [-0.39, 0.29) is 11.8 Å². The minimum Gasteiger partial charge on any atom is -0.353 e. The molecule has 0 aromatic rings. The molecule has 1 saturated carbocycles. The van der Waals surface area contributed by atoms with Crippen LogP contribution in [0.15, 0.2) is 0 Å². The van der Waals surface area contributed by atoms with E-state index in [0.717, 1.165) is 31.8 Å². The largest absolute Gasteiger partial charge is 0.353 e. The van der Waals surface area contributed by atoms with Gasteiger partial charge in [-0.05, 0) is 51.6 Å². The molecule has 2 aliphatic rings. The van der Waals surface area contributed by atoms with Gasteiger partial charge in [-0.2, -0.15) is 0 Å². The van der Waals surface area contributed by atoms with Crippen molar-refractivity contribution in [3.05, 3.63) is 0 Å². The van der Waals surface area contributed by atoms with Crippen molar-refractivity contribution in [3.8, 4) is 0 Å². The Kier molecular flexibility index (Phi) is 3.06. The fraction of sp³-hybridized carbons (Fsp3) is 0.909. The van der Waals surface area contributed by atoms with Gasteiger partial charge in [0, 0.05) is 12.0 Å². The lowest BCUT2D eigenvalue weighted by Gasteiger charge is -2.23. The Balaban J connectivity index is 1.75. The van der Waals surface area contributed by atoms with Crippen molar-refractivity contribution in [2.24, 2.45) is 11.8 Å². The summed E-state index contributed by atoms with van der Waals surface area (Å²) in [7, 11) is 0. The maximum atomic E-state index is 11.8. The highest BCUT2D eigenvalue weighted by atomic mass is 16.1. The minimum absolute atomic E-state index is 0.262. The Morgan fingerprint density at radius 1 is 1.29 bits per heavy atom. The molecular formula is C11H20N2O. The first-order valence-corrected chi connectivity index (χ1v) is 5.78. The van der Waals surface area contributed by atoms with Gasteiger partial charge in [0.25, 0.3) is 0 Å². The van der Waals surface area contributed by atoms with Crippen LogP contribution in [0.5, 0.6) is 0 Å². The summed E-state index contributed by atoms with van der Waals surface area (Å²) in [6.07, 6.45) is 4.60. The van der Waals surface area contributed by atoms with Crippen LogP contribution in [0.4, 0.5) is 0 Å². The zero-order chi connectivity index (χ0) is 9.97. The van der Waals surface area contributed by atoms with Crippen LogP contribution < -0.4 is 10.6 Å². The third-order valence-electron chi connectivity index (χ3n) is 3.41. The topological polar surface area (TPSA) is 41.1 Å². The summed E-state index contributed by atoms with van der Waals surface area (Å²) in [5.74, 6) is 1.31. The van der Waals surface area contributed by atoms with Crippen LogP contribution in [0.2, 0.25) is 0 Å². The van der Waals surface area contributed by atoms with Gasteiger partial charge in [-0.1, -0.05) is 0 Å². The van der Waals surface area contributed by atoms with Gasteiger partial charge in [0.15, 0.2) is 0 Å². The highest BCUT2D eigenvalue weighted by Gasteiger charge is 2.30. The van der Waals surface area contributed by atoms with Gasteiger partial charge >= 0.3 is 0 Å². The lowest BCUT2D eigenvalue weighted by atomic mass is 9.97. The quantitative estimate of drug-likeness (QED) is 0.704. The highest BCUT2D eigenvalue weighted by Crippen LogP contribution is 2.32. The summed E-state index contributed by atoms with van der Waals surface area (Å²) in [6, 6.07) is 0.400. The number of rotatable bonds is 3. The van der Waals surface area contributed by atoms with Crippen molar-refractivity contribution in [2.45, 2.75) is 38.6 Å². The number of hydrogen-bond acceptors (Lipinski definition) is 2. The molecule has 2 N–H and O–H groups in total. The minimum atomic E-state index is 0.262. The third-order valence-corrected chi connectivity index (χ3v) is 3.41. The van der Waals surface area contributed by atoms with Crippen LogP contribution in [0.1, 0.15) is 32.6 Å². The normalized spacial score (nSPS) is 25.8. The highest BCUT2D eigenvalue weighted by molar-refractivity contribution is 5.79. The monoisotopic (exact) mass is 196 g/mol. The van der Waals surface area contributed by atoms with E-state index in [2.05, 4.69) is 17.6 Å². The summed E-state index contributed by atoms with van der Waals surface area (Å²) in [4.78, 5) is 11.8. The summed E-state index contributed by atoms with van der Waals surface area (Å²) in [6.45, 7) is 4.13. The standard InChI is InChI=1S/C11H20N2O/c1-8(9-2-3-9)13-11(14)10-4-6-12-7-5-10/h8-10,12H,2-7H2,1H3,(H,13,14). The molecule has 1 unspecified atom stereocenters. The van der Waals surface area contributed by atoms with Gasteiger partial charge in [0.05, 0.1) is 0 Å². The van der Waals surface area contributed by atoms with Gasteiger partial charge in [-0.3, -0.25) is 4.79 Å². The van der Waals surface area contributed by atoms with Crippen LogP contribution in [0.3, 0.4) is 0 Å². The van der Waals surface area contributed by atoms with Gasteiger partial charge in [0.2, 0.25) is 5.91 Å². The maximum absolute atomic E-state index is 11.8. The SMILES string of the molecule is CC(NC(=O)C1CCNCC1)C1CC1. The van der Waals surface area contributed by atoms with Gasteiger partial charge in [0.1, 0.15) is 0 Å². The number of piperidine rings is 1. The van der Waals surface area contributed by atoms with Gasteiger partial charge in [-0.15, -0.1) is 0 Å². The van der Waals surface area contributed by atoms with Crippen LogP contribution in [0, 0.1) is 11.8 Å². The number of carbonyl (C=O) groups excluding carboxylic acids is 1. The molecule has 0 aromatic carbocycles. The van der Waals surface area contributed by atoms with E-state index in [0.29, 0.717) is 6.04 Å². The Bertz CT molecular complexity index is 207. The van der Waals surface area contributed by atoms with E-state index in [1.54, 1.807) is 0 Å². The van der Waals surface area contributed by atoms with Crippen molar-refractivity contribution in [3.63, 3.8) is 0 Å². The van der Waals surface area contributed by atoms with Crippen molar-refractivity contribution in [1.82, 2.24) is 10.6 Å². The average Bonchev–Trinajstić information content (AvgIpc) is 3.02. The van der Waals surface area contributed by atoms with E-state index >= 15 is 0 Å². The average molecular weight is 196 g/mol. The first kappa shape index (κ1) is 9.97. The lowest BCUT2D eigenvalue weighted by molar-refractivity contribution is -0.126. The Morgan fingerprint density at radius 2 is 1.93 bits per heavy atom. The Labute approximate surface area is 85.6 Å². The van der Waals surface area contributed by atoms with Crippen molar-refractivity contribution < 1.29 is 4.79 Å². The zero-order valence-corrected chi connectivity index (χ0v) is 8.88. The maximum Gasteiger partial charge on any atom is 0.223 e. The second kappa shape index (κ2) is 4.30. The van der Waals surface area contributed by atoms with Crippen molar-refractivity contribution in [1.29, 1.82) is 0 Å². The molecule has 14 heavy (non-hydrogen) atoms. The number of amides is 1. The summed E-state index contributed by atoms with van der Waals surface area (Å²) >= 11 is 0. The molecule has 1 heterocycles. The van der Waals surface area contributed by atoms with Crippen LogP contribution >= 0.6 is 0 Å². The van der Waals surface area contributed by atoms with E-state index in [9.17, 15) is 4.79 Å². The molecule has 1 atom stereocenters. The Morgan fingerprint density at radius 3 is 2.50 bits per heavy atom. The molecule has 0 spiro atoms. The number of hydrogen-bond donors (Lipinski definition) is 2. The van der Waals surface area contributed by atoms with Crippen LogP contribution in [0.25, 0.3) is 0 Å². The van der Waals surface area contributed by atoms with E-state index in [4.69, 9.17) is 0 Å². The second-order valence-corrected chi connectivity index (χ2v) is 4.66. The summed E-state index contributed by atoms with van der Waals surface area (Å²) in [5, 5.41) is 6.42. The molecule has 3 nitrogen and oxygen atoms in total.